The summed E-state index contributed by atoms with van der Waals surface area (Å²) in [4.78, 5) is 1.60. The van der Waals surface area contributed by atoms with Crippen LogP contribution in [0.25, 0.3) is 0 Å². The van der Waals surface area contributed by atoms with E-state index in [-0.39, 0.29) is 0 Å². The Morgan fingerprint density at radius 2 is 2.46 bits per heavy atom. The molecule has 1 aliphatic rings. The molecule has 0 aliphatic heterocycles. The van der Waals surface area contributed by atoms with Crippen molar-refractivity contribution >= 4 is 11.3 Å². The lowest BCUT2D eigenvalue weighted by Crippen LogP contribution is -2.12. The third-order valence-electron chi connectivity index (χ3n) is 2.81. The lowest BCUT2D eigenvalue weighted by atomic mass is 9.98. The number of thiophene rings is 1. The maximum Gasteiger partial charge on any atom is 0.00794 e. The standard InChI is InChI=1S/C11H17NS/c1-12-7-6-10(9-4-5-9)11-3-2-8-13-11/h2-3,8-10,12H,4-7H2,1H3. The minimum Gasteiger partial charge on any atom is -0.320 e. The van der Waals surface area contributed by atoms with Crippen molar-refractivity contribution in [3.05, 3.63) is 22.4 Å². The van der Waals surface area contributed by atoms with Crippen LogP contribution < -0.4 is 5.32 Å². The minimum absolute atomic E-state index is 0.840. The van der Waals surface area contributed by atoms with Crippen LogP contribution >= 0.6 is 11.3 Å². The average Bonchev–Trinajstić information content (AvgIpc) is 2.82. The maximum atomic E-state index is 3.25. The van der Waals surface area contributed by atoms with Crippen LogP contribution in [-0.2, 0) is 0 Å². The van der Waals surface area contributed by atoms with Crippen LogP contribution in [-0.4, -0.2) is 13.6 Å². The Hall–Kier alpha value is -0.340. The zero-order valence-electron chi connectivity index (χ0n) is 8.12. The van der Waals surface area contributed by atoms with Gasteiger partial charge in [0.05, 0.1) is 0 Å². The molecule has 0 amide bonds. The van der Waals surface area contributed by atoms with Gasteiger partial charge >= 0.3 is 0 Å². The molecule has 0 saturated heterocycles. The van der Waals surface area contributed by atoms with E-state index in [0.717, 1.165) is 18.4 Å². The number of hydrogen-bond acceptors (Lipinski definition) is 2. The molecule has 0 bridgehead atoms. The Balaban J connectivity index is 1.97. The Kier molecular flexibility index (Phi) is 3.01. The molecule has 13 heavy (non-hydrogen) atoms. The van der Waals surface area contributed by atoms with Crippen LogP contribution in [0.5, 0.6) is 0 Å². The molecular formula is C11H17NS. The van der Waals surface area contributed by atoms with Gasteiger partial charge in [0.1, 0.15) is 0 Å². The summed E-state index contributed by atoms with van der Waals surface area (Å²) < 4.78 is 0. The Morgan fingerprint density at radius 1 is 1.62 bits per heavy atom. The molecule has 2 heteroatoms. The Morgan fingerprint density at radius 3 is 3.00 bits per heavy atom. The van der Waals surface area contributed by atoms with E-state index in [0.29, 0.717) is 0 Å². The summed E-state index contributed by atoms with van der Waals surface area (Å²) in [7, 11) is 2.04. The molecule has 1 aromatic rings. The molecule has 0 spiro atoms. The Bertz CT molecular complexity index is 239. The fourth-order valence-electron chi connectivity index (χ4n) is 1.91. The second kappa shape index (κ2) is 4.25. The third-order valence-corrected chi connectivity index (χ3v) is 3.81. The quantitative estimate of drug-likeness (QED) is 0.762. The van der Waals surface area contributed by atoms with Crippen LogP contribution in [0.4, 0.5) is 0 Å². The highest BCUT2D eigenvalue weighted by molar-refractivity contribution is 7.10. The molecular weight excluding hydrogens is 178 g/mol. The number of nitrogens with one attached hydrogen (secondary N) is 1. The van der Waals surface area contributed by atoms with Crippen molar-refractivity contribution in [3.63, 3.8) is 0 Å². The zero-order valence-corrected chi connectivity index (χ0v) is 8.94. The van der Waals surface area contributed by atoms with Gasteiger partial charge in [-0.1, -0.05) is 6.07 Å². The molecule has 1 N–H and O–H groups in total. The van der Waals surface area contributed by atoms with Gasteiger partial charge in [-0.05, 0) is 56.1 Å². The van der Waals surface area contributed by atoms with Crippen LogP contribution in [0.15, 0.2) is 17.5 Å². The SMILES string of the molecule is CNCCC(c1cccs1)C1CC1. The summed E-state index contributed by atoms with van der Waals surface area (Å²) in [6.07, 6.45) is 4.21. The highest BCUT2D eigenvalue weighted by Gasteiger charge is 2.32. The molecule has 72 valence electrons. The lowest BCUT2D eigenvalue weighted by molar-refractivity contribution is 0.548. The van der Waals surface area contributed by atoms with E-state index in [1.54, 1.807) is 4.88 Å². The smallest absolute Gasteiger partial charge is 0.00794 e. The summed E-state index contributed by atoms with van der Waals surface area (Å²) in [6, 6.07) is 4.47. The summed E-state index contributed by atoms with van der Waals surface area (Å²) in [5.41, 5.74) is 0. The van der Waals surface area contributed by atoms with Gasteiger partial charge in [0.25, 0.3) is 0 Å². The molecule has 1 nitrogen and oxygen atoms in total. The van der Waals surface area contributed by atoms with Gasteiger partial charge in [0.15, 0.2) is 0 Å². The van der Waals surface area contributed by atoms with Gasteiger partial charge < -0.3 is 5.32 Å². The highest BCUT2D eigenvalue weighted by Crippen LogP contribution is 2.45. The van der Waals surface area contributed by atoms with Crippen molar-refractivity contribution in [2.45, 2.75) is 25.2 Å². The fourth-order valence-corrected chi connectivity index (χ4v) is 2.87. The van der Waals surface area contributed by atoms with E-state index in [1.165, 1.54) is 19.3 Å². The second-order valence-electron chi connectivity index (χ2n) is 3.85. The molecule has 2 rings (SSSR count). The lowest BCUT2D eigenvalue weighted by Gasteiger charge is -2.13. The molecule has 1 saturated carbocycles. The first-order valence-electron chi connectivity index (χ1n) is 5.10. The van der Waals surface area contributed by atoms with Crippen molar-refractivity contribution in [1.82, 2.24) is 5.32 Å². The van der Waals surface area contributed by atoms with Crippen molar-refractivity contribution in [1.29, 1.82) is 0 Å². The highest BCUT2D eigenvalue weighted by atomic mass is 32.1. The molecule has 1 atom stereocenters. The van der Waals surface area contributed by atoms with Crippen LogP contribution in [0.2, 0.25) is 0 Å². The normalized spacial score (nSPS) is 18.8. The monoisotopic (exact) mass is 195 g/mol. The molecule has 1 aromatic heterocycles. The third kappa shape index (κ3) is 2.32. The van der Waals surface area contributed by atoms with E-state index in [1.807, 2.05) is 18.4 Å². The second-order valence-corrected chi connectivity index (χ2v) is 4.83. The van der Waals surface area contributed by atoms with Gasteiger partial charge in [0, 0.05) is 4.88 Å². The van der Waals surface area contributed by atoms with E-state index in [2.05, 4.69) is 22.8 Å². The Labute approximate surface area is 84.2 Å². The van der Waals surface area contributed by atoms with Gasteiger partial charge in [-0.2, -0.15) is 0 Å². The fraction of sp³-hybridized carbons (Fsp3) is 0.636. The molecule has 1 aliphatic carbocycles. The molecule has 1 fully saturated rings. The van der Waals surface area contributed by atoms with Gasteiger partial charge in [-0.25, -0.2) is 0 Å². The van der Waals surface area contributed by atoms with Crippen LogP contribution in [0, 0.1) is 5.92 Å². The maximum absolute atomic E-state index is 3.25. The van der Waals surface area contributed by atoms with Gasteiger partial charge in [0.2, 0.25) is 0 Å². The van der Waals surface area contributed by atoms with Gasteiger partial charge in [-0.3, -0.25) is 0 Å². The molecule has 1 heterocycles. The minimum atomic E-state index is 0.840. The summed E-state index contributed by atoms with van der Waals surface area (Å²) >= 11 is 1.92. The van der Waals surface area contributed by atoms with Crippen molar-refractivity contribution < 1.29 is 0 Å². The largest absolute Gasteiger partial charge is 0.320 e. The average molecular weight is 195 g/mol. The molecule has 0 radical (unpaired) electrons. The van der Waals surface area contributed by atoms with Crippen LogP contribution in [0.1, 0.15) is 30.1 Å². The number of rotatable bonds is 5. The van der Waals surface area contributed by atoms with Gasteiger partial charge in [-0.15, -0.1) is 11.3 Å². The van der Waals surface area contributed by atoms with Crippen molar-refractivity contribution in [2.24, 2.45) is 5.92 Å². The summed E-state index contributed by atoms with van der Waals surface area (Å²) in [5.74, 6) is 1.83. The molecule has 1 unspecified atom stereocenters. The van der Waals surface area contributed by atoms with E-state index >= 15 is 0 Å². The van der Waals surface area contributed by atoms with Crippen molar-refractivity contribution in [2.75, 3.05) is 13.6 Å². The first kappa shape index (κ1) is 9.22. The first-order valence-corrected chi connectivity index (χ1v) is 5.98. The topological polar surface area (TPSA) is 12.0 Å². The first-order chi connectivity index (χ1) is 6.42. The predicted octanol–water partition coefficient (Wildman–Crippen LogP) is 2.85. The summed E-state index contributed by atoms with van der Waals surface area (Å²) in [6.45, 7) is 1.15. The van der Waals surface area contributed by atoms with Crippen molar-refractivity contribution in [3.8, 4) is 0 Å². The zero-order chi connectivity index (χ0) is 9.10. The van der Waals surface area contributed by atoms with E-state index in [4.69, 9.17) is 0 Å². The summed E-state index contributed by atoms with van der Waals surface area (Å²) in [5, 5.41) is 5.45. The van der Waals surface area contributed by atoms with E-state index in [9.17, 15) is 0 Å². The van der Waals surface area contributed by atoms with E-state index < -0.39 is 0 Å². The number of hydrogen-bond donors (Lipinski definition) is 1. The predicted molar refractivity (Wildman–Crippen MR) is 58.3 cm³/mol. The molecule has 0 aromatic carbocycles. The van der Waals surface area contributed by atoms with Crippen LogP contribution in [0.3, 0.4) is 0 Å².